The Balaban J connectivity index is 0.00000143. The number of benzene rings is 1. The molecule has 5 heteroatoms. The highest BCUT2D eigenvalue weighted by Crippen LogP contribution is 2.30. The normalized spacial score (nSPS) is 12.6. The number of rotatable bonds is 16. The zero-order valence-electron chi connectivity index (χ0n) is 23.3. The highest BCUT2D eigenvalue weighted by Gasteiger charge is 2.25. The lowest BCUT2D eigenvalue weighted by Crippen LogP contribution is -2.18. The largest absolute Gasteiger partial charge is 0.478 e. The monoisotopic (exact) mass is 490 g/mol. The molecule has 5 nitrogen and oxygen atoms in total. The average Bonchev–Trinajstić information content (AvgIpc) is 2.78. The minimum absolute atomic E-state index is 0.00490. The standard InChI is InChI=1S/C24H38O4.C6H12O/c1-5-9-11-17(7-3)15-19-13-14-20(23(25)26)22(24(27)28)21(19)16-18(8-4)12-10-6-2;1-5(2)4-6(3)7/h13-14,17-18H,5-12,15-16H2,1-4H3,(H,25,26)(H,27,28);5H,4H2,1-3H3. The molecule has 0 fully saturated rings. The number of hydrogen-bond donors (Lipinski definition) is 2. The maximum absolute atomic E-state index is 12.0. The van der Waals surface area contributed by atoms with Crippen molar-refractivity contribution in [2.75, 3.05) is 0 Å². The Morgan fingerprint density at radius 1 is 0.800 bits per heavy atom. The first kappa shape index (κ1) is 32.8. The molecule has 0 aliphatic heterocycles. The topological polar surface area (TPSA) is 91.7 Å². The lowest BCUT2D eigenvalue weighted by atomic mass is 9.82. The second kappa shape index (κ2) is 18.1. The second-order valence-electron chi connectivity index (χ2n) is 10.3. The van der Waals surface area contributed by atoms with E-state index in [2.05, 4.69) is 27.7 Å². The van der Waals surface area contributed by atoms with Crippen molar-refractivity contribution in [3.8, 4) is 0 Å². The van der Waals surface area contributed by atoms with Crippen LogP contribution < -0.4 is 0 Å². The van der Waals surface area contributed by atoms with E-state index < -0.39 is 11.9 Å². The van der Waals surface area contributed by atoms with E-state index in [0.29, 0.717) is 24.2 Å². The SMILES string of the molecule is CC(=O)CC(C)C.CCCCC(CC)Cc1ccc(C(=O)O)c(C(=O)O)c1CC(CC)CCCC. The molecule has 0 spiro atoms. The molecule has 0 amide bonds. The minimum Gasteiger partial charge on any atom is -0.478 e. The number of ketones is 1. The maximum atomic E-state index is 12.0. The van der Waals surface area contributed by atoms with E-state index in [-0.39, 0.29) is 16.9 Å². The van der Waals surface area contributed by atoms with Gasteiger partial charge in [0.25, 0.3) is 0 Å². The molecule has 0 bridgehead atoms. The first-order chi connectivity index (χ1) is 16.5. The highest BCUT2D eigenvalue weighted by molar-refractivity contribution is 6.03. The van der Waals surface area contributed by atoms with Crippen LogP contribution >= 0.6 is 0 Å². The molecular formula is C30H50O5. The van der Waals surface area contributed by atoms with Gasteiger partial charge in [-0.1, -0.05) is 99.0 Å². The quantitative estimate of drug-likeness (QED) is 0.243. The average molecular weight is 491 g/mol. The summed E-state index contributed by atoms with van der Waals surface area (Å²) in [6, 6.07) is 3.36. The molecule has 2 unspecified atom stereocenters. The van der Waals surface area contributed by atoms with Gasteiger partial charge in [-0.15, -0.1) is 0 Å². The zero-order chi connectivity index (χ0) is 27.0. The lowest BCUT2D eigenvalue weighted by molar-refractivity contribution is -0.117. The predicted molar refractivity (Wildman–Crippen MR) is 145 cm³/mol. The molecular weight excluding hydrogens is 440 g/mol. The summed E-state index contributed by atoms with van der Waals surface area (Å²) >= 11 is 0. The molecule has 0 aromatic heterocycles. The summed E-state index contributed by atoms with van der Waals surface area (Å²) < 4.78 is 0. The molecule has 0 saturated heterocycles. The molecule has 1 aromatic rings. The maximum Gasteiger partial charge on any atom is 0.336 e. The van der Waals surface area contributed by atoms with E-state index in [9.17, 15) is 24.6 Å². The van der Waals surface area contributed by atoms with E-state index in [1.807, 2.05) is 19.9 Å². The van der Waals surface area contributed by atoms with Crippen molar-refractivity contribution < 1.29 is 24.6 Å². The van der Waals surface area contributed by atoms with Gasteiger partial charge in [-0.2, -0.15) is 0 Å². The van der Waals surface area contributed by atoms with Crippen molar-refractivity contribution in [1.82, 2.24) is 0 Å². The minimum atomic E-state index is -1.16. The van der Waals surface area contributed by atoms with E-state index >= 15 is 0 Å². The molecule has 2 N–H and O–H groups in total. The summed E-state index contributed by atoms with van der Waals surface area (Å²) in [5, 5.41) is 19.4. The third kappa shape index (κ3) is 12.9. The molecule has 0 radical (unpaired) electrons. The number of carboxylic acids is 2. The van der Waals surface area contributed by atoms with Crippen LogP contribution in [-0.2, 0) is 17.6 Å². The van der Waals surface area contributed by atoms with Crippen molar-refractivity contribution in [3.05, 3.63) is 34.4 Å². The van der Waals surface area contributed by atoms with Crippen molar-refractivity contribution in [2.45, 2.75) is 119 Å². The van der Waals surface area contributed by atoms with Crippen LogP contribution in [0.3, 0.4) is 0 Å². The smallest absolute Gasteiger partial charge is 0.336 e. The van der Waals surface area contributed by atoms with Gasteiger partial charge in [0.2, 0.25) is 0 Å². The van der Waals surface area contributed by atoms with Crippen LogP contribution in [0.2, 0.25) is 0 Å². The van der Waals surface area contributed by atoms with Gasteiger partial charge < -0.3 is 15.0 Å². The Morgan fingerprint density at radius 2 is 1.31 bits per heavy atom. The van der Waals surface area contributed by atoms with Crippen molar-refractivity contribution in [2.24, 2.45) is 17.8 Å². The summed E-state index contributed by atoms with van der Waals surface area (Å²) in [6.07, 6.45) is 10.9. The Labute approximate surface area is 213 Å². The number of unbranched alkanes of at least 4 members (excludes halogenated alkanes) is 2. The fourth-order valence-corrected chi connectivity index (χ4v) is 4.60. The molecule has 2 atom stereocenters. The lowest BCUT2D eigenvalue weighted by Gasteiger charge is -2.23. The molecule has 1 aromatic carbocycles. The van der Waals surface area contributed by atoms with E-state index in [1.165, 1.54) is 12.5 Å². The third-order valence-electron chi connectivity index (χ3n) is 6.64. The molecule has 0 aliphatic carbocycles. The number of hydrogen-bond acceptors (Lipinski definition) is 3. The number of carboxylic acid groups (broad SMARTS) is 2. The molecule has 35 heavy (non-hydrogen) atoms. The van der Waals surface area contributed by atoms with Crippen LogP contribution in [0.25, 0.3) is 0 Å². The first-order valence-electron chi connectivity index (χ1n) is 13.6. The third-order valence-corrected chi connectivity index (χ3v) is 6.64. The van der Waals surface area contributed by atoms with Crippen LogP contribution in [0.4, 0.5) is 0 Å². The van der Waals surface area contributed by atoms with Crippen molar-refractivity contribution in [1.29, 1.82) is 0 Å². The van der Waals surface area contributed by atoms with Crippen LogP contribution in [-0.4, -0.2) is 27.9 Å². The van der Waals surface area contributed by atoms with Crippen LogP contribution in [0.5, 0.6) is 0 Å². The highest BCUT2D eigenvalue weighted by atomic mass is 16.4. The fourth-order valence-electron chi connectivity index (χ4n) is 4.60. The van der Waals surface area contributed by atoms with Crippen molar-refractivity contribution in [3.63, 3.8) is 0 Å². The molecule has 0 saturated carbocycles. The van der Waals surface area contributed by atoms with E-state index in [1.54, 1.807) is 6.92 Å². The summed E-state index contributed by atoms with van der Waals surface area (Å²) in [4.78, 5) is 34.0. The Bertz CT molecular complexity index is 781. The Hall–Kier alpha value is -2.17. The van der Waals surface area contributed by atoms with Gasteiger partial charge in [0.1, 0.15) is 5.78 Å². The molecule has 1 rings (SSSR count). The fraction of sp³-hybridized carbons (Fsp3) is 0.700. The summed E-state index contributed by atoms with van der Waals surface area (Å²) in [7, 11) is 0. The van der Waals surface area contributed by atoms with Crippen LogP contribution in [0.1, 0.15) is 138 Å². The summed E-state index contributed by atoms with van der Waals surface area (Å²) in [6.45, 7) is 14.4. The Kier molecular flexibility index (Phi) is 17.0. The van der Waals surface area contributed by atoms with Crippen LogP contribution in [0.15, 0.2) is 12.1 Å². The molecule has 0 heterocycles. The number of carbonyl (C=O) groups excluding carboxylic acids is 1. The summed E-state index contributed by atoms with van der Waals surface area (Å²) in [5.41, 5.74) is 1.70. The molecule has 0 aliphatic rings. The van der Waals surface area contributed by atoms with Gasteiger partial charge >= 0.3 is 11.9 Å². The van der Waals surface area contributed by atoms with E-state index in [0.717, 1.165) is 68.9 Å². The van der Waals surface area contributed by atoms with Crippen LogP contribution in [0, 0.1) is 17.8 Å². The van der Waals surface area contributed by atoms with Gasteiger partial charge in [-0.05, 0) is 54.7 Å². The van der Waals surface area contributed by atoms with Crippen molar-refractivity contribution >= 4 is 17.7 Å². The van der Waals surface area contributed by atoms with Gasteiger partial charge in [-0.3, -0.25) is 0 Å². The predicted octanol–water partition coefficient (Wildman–Crippen LogP) is 8.22. The first-order valence-corrected chi connectivity index (χ1v) is 13.6. The zero-order valence-corrected chi connectivity index (χ0v) is 23.3. The summed E-state index contributed by atoms with van der Waals surface area (Å²) in [5.74, 6) is -0.582. The Morgan fingerprint density at radius 3 is 1.66 bits per heavy atom. The van der Waals surface area contributed by atoms with Gasteiger partial charge in [-0.25, -0.2) is 9.59 Å². The van der Waals surface area contributed by atoms with Gasteiger partial charge in [0, 0.05) is 6.42 Å². The number of Topliss-reactive ketones (excluding diaryl/α,β-unsaturated/α-hetero) is 1. The van der Waals surface area contributed by atoms with Gasteiger partial charge in [0.05, 0.1) is 11.1 Å². The second-order valence-corrected chi connectivity index (χ2v) is 10.3. The number of carbonyl (C=O) groups is 3. The number of aromatic carboxylic acids is 2. The van der Waals surface area contributed by atoms with Gasteiger partial charge in [0.15, 0.2) is 0 Å². The van der Waals surface area contributed by atoms with E-state index in [4.69, 9.17) is 0 Å². The molecule has 200 valence electrons.